The first-order valence-corrected chi connectivity index (χ1v) is 9.38. The summed E-state index contributed by atoms with van der Waals surface area (Å²) in [6.45, 7) is 5.82. The number of nitrogens with zero attached hydrogens (tertiary/aromatic N) is 2. The SMILES string of the molecule is CC(C)(C)OC(=O)N1CCC(C(=O)C2C(=O)c3cccc([N+](=O)[O-])c3C2=O)CC1. The summed E-state index contributed by atoms with van der Waals surface area (Å²) in [6, 6.07) is 3.81. The molecule has 0 N–H and O–H groups in total. The molecule has 0 aromatic heterocycles. The van der Waals surface area contributed by atoms with Crippen LogP contribution in [0.15, 0.2) is 18.2 Å². The Bertz CT molecular complexity index is 908. The third kappa shape index (κ3) is 3.90. The third-order valence-corrected chi connectivity index (χ3v) is 5.11. The standard InChI is InChI=1S/C20H22N2O7/c1-20(2,3)29-19(26)21-9-7-11(8-10-21)16(23)15-17(24)12-5-4-6-13(22(27)28)14(12)18(15)25/h4-6,11,15H,7-10H2,1-3H3. The fourth-order valence-corrected chi connectivity index (χ4v) is 3.74. The van der Waals surface area contributed by atoms with Crippen molar-refractivity contribution in [1.82, 2.24) is 4.90 Å². The lowest BCUT2D eigenvalue weighted by molar-refractivity contribution is -0.385. The topological polar surface area (TPSA) is 124 Å². The molecule has 1 fully saturated rings. The molecule has 1 aliphatic carbocycles. The highest BCUT2D eigenvalue weighted by molar-refractivity contribution is 6.36. The molecular formula is C20H22N2O7. The molecule has 0 bridgehead atoms. The highest BCUT2D eigenvalue weighted by Crippen LogP contribution is 2.36. The zero-order chi connectivity index (χ0) is 21.5. The summed E-state index contributed by atoms with van der Waals surface area (Å²) in [6.07, 6.45) is 0.126. The number of amides is 1. The molecular weight excluding hydrogens is 380 g/mol. The fraction of sp³-hybridized carbons (Fsp3) is 0.500. The average molecular weight is 402 g/mol. The molecule has 0 saturated carbocycles. The molecule has 1 unspecified atom stereocenters. The Kier molecular flexibility index (Phi) is 5.25. The minimum Gasteiger partial charge on any atom is -0.444 e. The van der Waals surface area contributed by atoms with Crippen molar-refractivity contribution >= 4 is 29.1 Å². The average Bonchev–Trinajstić information content (AvgIpc) is 2.90. The highest BCUT2D eigenvalue weighted by atomic mass is 16.6. The summed E-state index contributed by atoms with van der Waals surface area (Å²) in [5.41, 5.74) is -1.45. The lowest BCUT2D eigenvalue weighted by Gasteiger charge is -2.33. The molecule has 2 aliphatic rings. The van der Waals surface area contributed by atoms with Crippen LogP contribution in [-0.4, -0.2) is 52.0 Å². The van der Waals surface area contributed by atoms with Crippen LogP contribution in [0.1, 0.15) is 54.3 Å². The monoisotopic (exact) mass is 402 g/mol. The van der Waals surface area contributed by atoms with Crippen LogP contribution in [0.25, 0.3) is 0 Å². The molecule has 1 amide bonds. The minimum atomic E-state index is -1.54. The van der Waals surface area contributed by atoms with Crippen molar-refractivity contribution in [2.75, 3.05) is 13.1 Å². The number of carbonyl (C=O) groups excluding carboxylic acids is 4. The molecule has 9 nitrogen and oxygen atoms in total. The minimum absolute atomic E-state index is 0.0752. The molecule has 3 rings (SSSR count). The van der Waals surface area contributed by atoms with Gasteiger partial charge in [0.15, 0.2) is 17.3 Å². The normalized spacial score (nSPS) is 19.8. The van der Waals surface area contributed by atoms with Crippen LogP contribution in [0.3, 0.4) is 0 Å². The number of likely N-dealkylation sites (tertiary alicyclic amines) is 1. The Morgan fingerprint density at radius 3 is 2.31 bits per heavy atom. The number of piperidine rings is 1. The number of rotatable bonds is 3. The van der Waals surface area contributed by atoms with Crippen LogP contribution in [0.5, 0.6) is 0 Å². The van der Waals surface area contributed by atoms with Crippen LogP contribution in [0.2, 0.25) is 0 Å². The summed E-state index contributed by atoms with van der Waals surface area (Å²) in [4.78, 5) is 62.4. The predicted octanol–water partition coefficient (Wildman–Crippen LogP) is 2.81. The third-order valence-electron chi connectivity index (χ3n) is 5.11. The van der Waals surface area contributed by atoms with Gasteiger partial charge in [-0.3, -0.25) is 24.5 Å². The van der Waals surface area contributed by atoms with Crippen LogP contribution >= 0.6 is 0 Å². The van der Waals surface area contributed by atoms with Gasteiger partial charge in [0.2, 0.25) is 0 Å². The molecule has 154 valence electrons. The van der Waals surface area contributed by atoms with Gasteiger partial charge >= 0.3 is 6.09 Å². The van der Waals surface area contributed by atoms with E-state index >= 15 is 0 Å². The van der Waals surface area contributed by atoms with Gasteiger partial charge in [-0.2, -0.15) is 0 Å². The second-order valence-electron chi connectivity index (χ2n) is 8.26. The van der Waals surface area contributed by atoms with Crippen molar-refractivity contribution in [1.29, 1.82) is 0 Å². The Hall–Kier alpha value is -3.10. The van der Waals surface area contributed by atoms with Gasteiger partial charge in [0.05, 0.1) is 4.92 Å². The van der Waals surface area contributed by atoms with Crippen LogP contribution in [0, 0.1) is 22.0 Å². The second kappa shape index (κ2) is 7.38. The molecule has 9 heteroatoms. The molecule has 1 heterocycles. The summed E-state index contributed by atoms with van der Waals surface area (Å²) >= 11 is 0. The van der Waals surface area contributed by atoms with Crippen molar-refractivity contribution in [3.05, 3.63) is 39.4 Å². The van der Waals surface area contributed by atoms with E-state index in [1.807, 2.05) is 0 Å². The van der Waals surface area contributed by atoms with E-state index in [4.69, 9.17) is 4.74 Å². The van der Waals surface area contributed by atoms with Gasteiger partial charge in [-0.25, -0.2) is 4.79 Å². The number of hydrogen-bond acceptors (Lipinski definition) is 7. The Labute approximate surface area is 167 Å². The number of Topliss-reactive ketones (excluding diaryl/α,β-unsaturated/α-hetero) is 3. The van der Waals surface area contributed by atoms with Gasteiger partial charge in [0, 0.05) is 30.6 Å². The first-order chi connectivity index (χ1) is 13.5. The Morgan fingerprint density at radius 1 is 1.14 bits per heavy atom. The van der Waals surface area contributed by atoms with E-state index in [1.165, 1.54) is 17.0 Å². The second-order valence-corrected chi connectivity index (χ2v) is 8.26. The van der Waals surface area contributed by atoms with E-state index in [0.29, 0.717) is 12.8 Å². The molecule has 1 aromatic rings. The molecule has 0 radical (unpaired) electrons. The first-order valence-electron chi connectivity index (χ1n) is 9.38. The number of ketones is 3. The predicted molar refractivity (Wildman–Crippen MR) is 101 cm³/mol. The van der Waals surface area contributed by atoms with Crippen LogP contribution < -0.4 is 0 Å². The molecule has 1 atom stereocenters. The van der Waals surface area contributed by atoms with Gasteiger partial charge in [0.25, 0.3) is 5.69 Å². The van der Waals surface area contributed by atoms with Crippen molar-refractivity contribution in [2.24, 2.45) is 11.8 Å². The number of ether oxygens (including phenoxy) is 1. The van der Waals surface area contributed by atoms with Gasteiger partial charge in [-0.15, -0.1) is 0 Å². The van der Waals surface area contributed by atoms with E-state index in [0.717, 1.165) is 6.07 Å². The quantitative estimate of drug-likeness (QED) is 0.432. The van der Waals surface area contributed by atoms with E-state index in [9.17, 15) is 29.3 Å². The number of hydrogen-bond donors (Lipinski definition) is 0. The maximum absolute atomic E-state index is 12.9. The molecule has 1 saturated heterocycles. The van der Waals surface area contributed by atoms with Gasteiger partial charge in [0.1, 0.15) is 17.1 Å². The smallest absolute Gasteiger partial charge is 0.410 e. The van der Waals surface area contributed by atoms with Crippen LogP contribution in [-0.2, 0) is 9.53 Å². The summed E-state index contributed by atoms with van der Waals surface area (Å²) in [5, 5.41) is 11.2. The summed E-state index contributed by atoms with van der Waals surface area (Å²) in [5.74, 6) is -4.14. The van der Waals surface area contributed by atoms with E-state index < -0.39 is 51.5 Å². The number of fused-ring (bicyclic) bond motifs is 1. The maximum Gasteiger partial charge on any atom is 0.410 e. The Balaban J connectivity index is 1.72. The zero-order valence-corrected chi connectivity index (χ0v) is 16.5. The molecule has 0 spiro atoms. The van der Waals surface area contributed by atoms with Gasteiger partial charge in [-0.05, 0) is 33.6 Å². The number of nitro benzene ring substituents is 1. The summed E-state index contributed by atoms with van der Waals surface area (Å²) in [7, 11) is 0. The highest BCUT2D eigenvalue weighted by Gasteiger charge is 2.48. The van der Waals surface area contributed by atoms with Crippen molar-refractivity contribution in [3.63, 3.8) is 0 Å². The zero-order valence-electron chi connectivity index (χ0n) is 16.5. The van der Waals surface area contributed by atoms with Crippen molar-refractivity contribution < 1.29 is 28.8 Å². The lowest BCUT2D eigenvalue weighted by Crippen LogP contribution is -2.44. The molecule has 1 aliphatic heterocycles. The van der Waals surface area contributed by atoms with E-state index in [2.05, 4.69) is 0 Å². The number of carbonyl (C=O) groups is 4. The largest absolute Gasteiger partial charge is 0.444 e. The van der Waals surface area contributed by atoms with Crippen molar-refractivity contribution in [2.45, 2.75) is 39.2 Å². The lowest BCUT2D eigenvalue weighted by atomic mass is 9.83. The van der Waals surface area contributed by atoms with Crippen LogP contribution in [0.4, 0.5) is 10.5 Å². The van der Waals surface area contributed by atoms with Gasteiger partial charge in [-0.1, -0.05) is 12.1 Å². The maximum atomic E-state index is 12.9. The fourth-order valence-electron chi connectivity index (χ4n) is 3.74. The van der Waals surface area contributed by atoms with E-state index in [1.54, 1.807) is 20.8 Å². The van der Waals surface area contributed by atoms with Gasteiger partial charge < -0.3 is 9.64 Å². The Morgan fingerprint density at radius 2 is 1.76 bits per heavy atom. The van der Waals surface area contributed by atoms with Crippen molar-refractivity contribution in [3.8, 4) is 0 Å². The number of nitro groups is 1. The molecule has 1 aromatic carbocycles. The summed E-state index contributed by atoms with van der Waals surface area (Å²) < 4.78 is 5.31. The number of benzene rings is 1. The molecule has 29 heavy (non-hydrogen) atoms. The van der Waals surface area contributed by atoms with E-state index in [-0.39, 0.29) is 24.2 Å². The first kappa shape index (κ1) is 20.6.